The van der Waals surface area contributed by atoms with Crippen molar-refractivity contribution >= 4 is 10.4 Å². The molecule has 0 saturated heterocycles. The van der Waals surface area contributed by atoms with Gasteiger partial charge in [-0.15, -0.1) is 0 Å². The minimum atomic E-state index is -5.17. The number of nitrogens with zero attached hydrogens (tertiary/aromatic N) is 4. The lowest BCUT2D eigenvalue weighted by molar-refractivity contribution is 0.352. The molecule has 10 nitrogen and oxygen atoms in total. The average Bonchev–Trinajstić information content (AvgIpc) is 1.62. The number of hydrogen-bond donors (Lipinski definition) is 2. The van der Waals surface area contributed by atoms with Crippen LogP contribution in [0.2, 0.25) is 0 Å². The summed E-state index contributed by atoms with van der Waals surface area (Å²) in [5.74, 6) is 8.06. The molecule has 0 saturated carbocycles. The molecule has 0 aliphatic heterocycles. The number of nitrogens with two attached hydrogens (primary N) is 2. The molecule has 64 valence electrons. The molecule has 0 aliphatic carbocycles. The van der Waals surface area contributed by atoms with Gasteiger partial charge in [-0.05, 0) is 0 Å². The normalized spacial score (nSPS) is 6.55. The highest BCUT2D eigenvalue weighted by atomic mass is 32.3. The average molecular weight is 184 g/mol. The Morgan fingerprint density at radius 1 is 1.09 bits per heavy atom. The summed E-state index contributed by atoms with van der Waals surface area (Å²) in [5.41, 5.74) is 0. The van der Waals surface area contributed by atoms with Crippen LogP contribution in [0.15, 0.2) is 0 Å². The van der Waals surface area contributed by atoms with Crippen LogP contribution in [0.4, 0.5) is 0 Å². The lowest BCUT2D eigenvalue weighted by atomic mass is 12.9. The summed E-state index contributed by atoms with van der Waals surface area (Å²) in [5, 5.41) is 17.9. The topological polar surface area (TPSA) is 189 Å². The standard InChI is InChI=1S/2H2N3.H2O4S/c2*1-3-2;1-5(2,3)4/h2*1H2;(H2,1,2,3,4)/q2*+1;/p-2. The van der Waals surface area contributed by atoms with E-state index in [-0.39, 0.29) is 0 Å². The van der Waals surface area contributed by atoms with Crippen LogP contribution in [-0.2, 0) is 10.4 Å². The van der Waals surface area contributed by atoms with E-state index in [0.717, 1.165) is 0 Å². The van der Waals surface area contributed by atoms with Crippen LogP contribution in [0.1, 0.15) is 0 Å². The Bertz CT molecular complexity index is 206. The minimum absolute atomic E-state index is 2.00. The van der Waals surface area contributed by atoms with E-state index in [2.05, 4.69) is 11.7 Å². The van der Waals surface area contributed by atoms with Gasteiger partial charge in [-0.25, -0.2) is 0 Å². The third-order valence-electron chi connectivity index (χ3n) is 0. The molecule has 0 spiro atoms. The highest BCUT2D eigenvalue weighted by Gasteiger charge is 1.49. The van der Waals surface area contributed by atoms with Gasteiger partial charge in [0.2, 0.25) is 0 Å². The Labute approximate surface area is 61.6 Å². The zero-order valence-corrected chi connectivity index (χ0v) is 5.80. The molecule has 11 heteroatoms. The summed E-state index contributed by atoms with van der Waals surface area (Å²) >= 11 is 0. The van der Waals surface area contributed by atoms with Gasteiger partial charge in [0.05, 0.1) is 0 Å². The van der Waals surface area contributed by atoms with Crippen molar-refractivity contribution in [2.75, 3.05) is 0 Å². The fraction of sp³-hybridized carbons (Fsp3) is 0. The summed E-state index contributed by atoms with van der Waals surface area (Å²) in [7, 11) is -5.17. The lowest BCUT2D eigenvalue weighted by Gasteiger charge is -2.06. The Balaban J connectivity index is -0.0000000933. The van der Waals surface area contributed by atoms with Gasteiger partial charge in [0.15, 0.2) is 0 Å². The zero-order valence-electron chi connectivity index (χ0n) is 4.98. The SMILES string of the molecule is N#[N+]N.N#[N+]N.O=S(=O)([O-])[O-]. The summed E-state index contributed by atoms with van der Waals surface area (Å²) in [6.07, 6.45) is 0. The maximum Gasteiger partial charge on any atom is 0.300 e. The first kappa shape index (κ1) is 16.1. The Hall–Kier alpha value is -1.69. The van der Waals surface area contributed by atoms with E-state index in [0.29, 0.717) is 0 Å². The number of diazo groups is 2. The van der Waals surface area contributed by atoms with Crippen LogP contribution in [0.5, 0.6) is 0 Å². The molecule has 0 aliphatic rings. The lowest BCUT2D eigenvalue weighted by Crippen LogP contribution is -1.91. The molecular weight excluding hydrogens is 180 g/mol. The van der Waals surface area contributed by atoms with E-state index in [1.165, 1.54) is 0 Å². The van der Waals surface area contributed by atoms with Crippen molar-refractivity contribution in [3.8, 4) is 0 Å². The summed E-state index contributed by atoms with van der Waals surface area (Å²) < 4.78 is 34.1. The van der Waals surface area contributed by atoms with E-state index < -0.39 is 10.4 Å². The summed E-state index contributed by atoms with van der Waals surface area (Å²) in [6, 6.07) is 0. The molecule has 0 fully saturated rings. The van der Waals surface area contributed by atoms with Crippen LogP contribution >= 0.6 is 0 Å². The van der Waals surface area contributed by atoms with Crippen molar-refractivity contribution in [1.82, 2.24) is 0 Å². The Morgan fingerprint density at radius 2 is 1.09 bits per heavy atom. The molecule has 0 amide bonds. The van der Waals surface area contributed by atoms with Crippen molar-refractivity contribution in [3.63, 3.8) is 0 Å². The first-order valence-corrected chi connectivity index (χ1v) is 2.92. The van der Waals surface area contributed by atoms with Crippen molar-refractivity contribution < 1.29 is 17.5 Å². The fourth-order valence-corrected chi connectivity index (χ4v) is 0. The number of rotatable bonds is 0. The quantitative estimate of drug-likeness (QED) is 0.143. The van der Waals surface area contributed by atoms with E-state index in [1.807, 2.05) is 10.2 Å². The Kier molecular flexibility index (Phi) is 16.4. The van der Waals surface area contributed by atoms with Gasteiger partial charge in [-0.2, -0.15) is 0 Å². The second-order valence-corrected chi connectivity index (χ2v) is 1.46. The summed E-state index contributed by atoms with van der Waals surface area (Å²) in [4.78, 5) is 0. The van der Waals surface area contributed by atoms with Crippen molar-refractivity contribution in [1.29, 1.82) is 10.8 Å². The molecule has 0 heterocycles. The highest BCUT2D eigenvalue weighted by Crippen LogP contribution is 1.57. The fourth-order valence-electron chi connectivity index (χ4n) is 0. The van der Waals surface area contributed by atoms with E-state index in [9.17, 15) is 0 Å². The monoisotopic (exact) mass is 184 g/mol. The van der Waals surface area contributed by atoms with Crippen molar-refractivity contribution in [3.05, 3.63) is 10.2 Å². The van der Waals surface area contributed by atoms with E-state index in [1.54, 1.807) is 0 Å². The molecular formula is H4N6O4S. The zero-order chi connectivity index (χ0) is 9.91. The number of hydrogen-bond acceptors (Lipinski definition) is 8. The first-order valence-electron chi connectivity index (χ1n) is 1.58. The molecule has 0 rings (SSSR count). The smallest absolute Gasteiger partial charge is 0.300 e. The van der Waals surface area contributed by atoms with Crippen LogP contribution in [0.3, 0.4) is 0 Å². The van der Waals surface area contributed by atoms with Crippen LogP contribution in [-0.4, -0.2) is 17.5 Å². The van der Waals surface area contributed by atoms with Gasteiger partial charge in [0, 0.05) is 10.4 Å². The predicted molar refractivity (Wildman–Crippen MR) is 29.0 cm³/mol. The van der Waals surface area contributed by atoms with Gasteiger partial charge < -0.3 is 9.11 Å². The van der Waals surface area contributed by atoms with E-state index in [4.69, 9.17) is 28.3 Å². The van der Waals surface area contributed by atoms with Gasteiger partial charge in [-0.3, -0.25) is 8.42 Å². The molecule has 0 bridgehead atoms. The molecule has 0 aromatic heterocycles. The second-order valence-electron chi connectivity index (χ2n) is 0.639. The molecule has 4 N–H and O–H groups in total. The Morgan fingerprint density at radius 3 is 1.09 bits per heavy atom. The van der Waals surface area contributed by atoms with Crippen LogP contribution in [0, 0.1) is 10.8 Å². The third-order valence-corrected chi connectivity index (χ3v) is 0. The van der Waals surface area contributed by atoms with Crippen LogP contribution in [0.25, 0.3) is 10.2 Å². The van der Waals surface area contributed by atoms with Gasteiger partial charge in [0.1, 0.15) is 0 Å². The molecule has 0 atom stereocenters. The molecule has 0 aromatic rings. The maximum atomic E-state index is 8.52. The predicted octanol–water partition coefficient (Wildman–Crippen LogP) is -1.91. The molecule has 11 heavy (non-hydrogen) atoms. The highest BCUT2D eigenvalue weighted by molar-refractivity contribution is 7.79. The van der Waals surface area contributed by atoms with E-state index >= 15 is 0 Å². The molecule has 0 radical (unpaired) electrons. The molecule has 0 aromatic carbocycles. The van der Waals surface area contributed by atoms with Gasteiger partial charge in [0.25, 0.3) is 21.0 Å². The first-order chi connectivity index (χ1) is 4.83. The largest absolute Gasteiger partial charge is 0.759 e. The second kappa shape index (κ2) is 11.2. The van der Waals surface area contributed by atoms with Gasteiger partial charge >= 0.3 is 0 Å². The minimum Gasteiger partial charge on any atom is -0.759 e. The maximum absolute atomic E-state index is 8.52. The van der Waals surface area contributed by atoms with Crippen LogP contribution < -0.4 is 11.7 Å². The van der Waals surface area contributed by atoms with Gasteiger partial charge in [-0.1, -0.05) is 11.7 Å². The van der Waals surface area contributed by atoms with Crippen molar-refractivity contribution in [2.24, 2.45) is 11.7 Å². The third kappa shape index (κ3) is 116. The summed E-state index contributed by atoms with van der Waals surface area (Å²) in [6.45, 7) is 0. The van der Waals surface area contributed by atoms with Crippen molar-refractivity contribution in [2.45, 2.75) is 0 Å². The molecule has 0 unspecified atom stereocenters.